The molecule has 2 rings (SSSR count). The van der Waals surface area contributed by atoms with E-state index in [0.717, 1.165) is 0 Å². The van der Waals surface area contributed by atoms with Crippen LogP contribution in [0.2, 0.25) is 0 Å². The fourth-order valence-electron chi connectivity index (χ4n) is 2.50. The zero-order chi connectivity index (χ0) is 12.7. The second-order valence-corrected chi connectivity index (χ2v) is 7.16. The molecule has 4 heteroatoms. The van der Waals surface area contributed by atoms with Crippen LogP contribution in [0, 0.1) is 0 Å². The number of fused-ring (bicyclic) bond motifs is 1. The first-order chi connectivity index (χ1) is 7.91. The van der Waals surface area contributed by atoms with Crippen molar-refractivity contribution in [2.45, 2.75) is 50.1 Å². The predicted molar refractivity (Wildman–Crippen MR) is 71.0 cm³/mol. The molecule has 0 spiro atoms. The van der Waals surface area contributed by atoms with Gasteiger partial charge in [0.25, 0.3) is 0 Å². The molecule has 0 fully saturated rings. The Bertz CT molecular complexity index is 479. The van der Waals surface area contributed by atoms with Gasteiger partial charge in [-0.3, -0.25) is 0 Å². The molecule has 0 saturated carbocycles. The molecule has 0 amide bonds. The summed E-state index contributed by atoms with van der Waals surface area (Å²) in [7, 11) is 0. The van der Waals surface area contributed by atoms with E-state index >= 15 is 0 Å². The fraction of sp³-hybridized carbons (Fsp3) is 0.500. The third-order valence-electron chi connectivity index (χ3n) is 3.69. The molecular formula is C16H21F3Zr. The van der Waals surface area contributed by atoms with Gasteiger partial charge < -0.3 is 14.1 Å². The van der Waals surface area contributed by atoms with Crippen LogP contribution in [0.25, 0.3) is 6.08 Å². The van der Waals surface area contributed by atoms with Gasteiger partial charge in [0, 0.05) is 0 Å². The maximum Gasteiger partial charge on any atom is -1.00 e. The van der Waals surface area contributed by atoms with E-state index in [1.165, 1.54) is 16.7 Å². The summed E-state index contributed by atoms with van der Waals surface area (Å²) in [6.45, 7) is 11.5. The van der Waals surface area contributed by atoms with E-state index in [4.69, 9.17) is 0 Å². The number of allylic oxidation sites excluding steroid dienone is 1. The summed E-state index contributed by atoms with van der Waals surface area (Å²) in [5, 5.41) is 0. The van der Waals surface area contributed by atoms with Crippen LogP contribution in [0.5, 0.6) is 0 Å². The summed E-state index contributed by atoms with van der Waals surface area (Å²) in [4.78, 5) is 0. The predicted octanol–water partition coefficient (Wildman–Crippen LogP) is -4.05. The van der Waals surface area contributed by atoms with Gasteiger partial charge in [0.15, 0.2) is 0 Å². The minimum atomic E-state index is 0. The Kier molecular flexibility index (Phi) is 8.95. The Hall–Kier alpha value is -0.367. The second kappa shape index (κ2) is 8.17. The Labute approximate surface area is 135 Å². The van der Waals surface area contributed by atoms with E-state index in [9.17, 15) is 0 Å². The van der Waals surface area contributed by atoms with Gasteiger partial charge in [-0.05, 0) is 0 Å². The van der Waals surface area contributed by atoms with Crippen LogP contribution >= 0.6 is 0 Å². The maximum absolute atomic E-state index is 2.44. The van der Waals surface area contributed by atoms with Gasteiger partial charge in [0.2, 0.25) is 0 Å². The molecule has 0 saturated heterocycles. The Morgan fingerprint density at radius 3 is 1.95 bits per heavy atom. The molecule has 1 atom stereocenters. The first kappa shape index (κ1) is 21.9. The largest absolute Gasteiger partial charge is 1.00 e. The molecule has 20 heavy (non-hydrogen) atoms. The first-order valence-electron chi connectivity index (χ1n) is 6.48. The maximum atomic E-state index is 2.44. The zero-order valence-electron chi connectivity index (χ0n) is 12.6. The third-order valence-corrected chi connectivity index (χ3v) is 5.58. The van der Waals surface area contributed by atoms with Crippen molar-refractivity contribution in [2.75, 3.05) is 0 Å². The van der Waals surface area contributed by atoms with Gasteiger partial charge in [0.1, 0.15) is 0 Å². The van der Waals surface area contributed by atoms with Crippen LogP contribution in [-0.2, 0) is 24.7 Å². The van der Waals surface area contributed by atoms with Crippen molar-refractivity contribution >= 4 is 6.08 Å². The molecule has 0 aromatic heterocycles. The summed E-state index contributed by atoms with van der Waals surface area (Å²) in [5.74, 6) is 1.24. The summed E-state index contributed by atoms with van der Waals surface area (Å²) in [5.41, 5.74) is 7.68. The van der Waals surface area contributed by atoms with Crippen LogP contribution in [0.15, 0.2) is 17.7 Å². The van der Waals surface area contributed by atoms with Crippen molar-refractivity contribution in [2.24, 2.45) is 0 Å². The summed E-state index contributed by atoms with van der Waals surface area (Å²) in [6, 6.07) is 4.87. The van der Waals surface area contributed by atoms with Crippen molar-refractivity contribution < 1.29 is 38.8 Å². The van der Waals surface area contributed by atoms with Gasteiger partial charge in [-0.25, -0.2) is 0 Å². The molecule has 0 aliphatic heterocycles. The van der Waals surface area contributed by atoms with Gasteiger partial charge in [-0.15, -0.1) is 0 Å². The van der Waals surface area contributed by atoms with Crippen molar-refractivity contribution in [3.05, 3.63) is 40.0 Å². The molecule has 1 aromatic rings. The normalized spacial score (nSPS) is 16.1. The molecule has 0 nitrogen and oxygen atoms in total. The molecule has 0 bridgehead atoms. The van der Waals surface area contributed by atoms with E-state index in [2.05, 4.69) is 52.8 Å². The van der Waals surface area contributed by atoms with E-state index in [1.807, 2.05) is 0 Å². The molecule has 0 N–H and O–H groups in total. The number of halogens is 3. The Morgan fingerprint density at radius 1 is 0.950 bits per heavy atom. The van der Waals surface area contributed by atoms with Crippen molar-refractivity contribution in [1.29, 1.82) is 0 Å². The Morgan fingerprint density at radius 2 is 1.50 bits per heavy atom. The number of benzene rings is 1. The van der Waals surface area contributed by atoms with Gasteiger partial charge in [-0.2, -0.15) is 0 Å². The summed E-state index contributed by atoms with van der Waals surface area (Å²) in [6.07, 6.45) is 2.41. The topological polar surface area (TPSA) is 0 Å². The van der Waals surface area contributed by atoms with Crippen LogP contribution in [0.3, 0.4) is 0 Å². The molecular weight excluding hydrogens is 340 g/mol. The fourth-order valence-corrected chi connectivity index (χ4v) is 3.29. The number of hydrogen-bond donors (Lipinski definition) is 0. The monoisotopic (exact) mass is 360 g/mol. The third kappa shape index (κ3) is 3.84. The quantitative estimate of drug-likeness (QED) is 0.503. The molecule has 1 unspecified atom stereocenters. The van der Waals surface area contributed by atoms with Crippen molar-refractivity contribution in [3.63, 3.8) is 0 Å². The second-order valence-electron chi connectivity index (χ2n) is 5.74. The Balaban J connectivity index is 0. The number of rotatable bonds is 2. The minimum Gasteiger partial charge on any atom is -1.00 e. The average molecular weight is 362 g/mol. The van der Waals surface area contributed by atoms with Gasteiger partial charge in [-0.1, -0.05) is 0 Å². The molecule has 110 valence electrons. The SMILES string of the molecule is CC1=Cc2c(C(C)C)cc(C(C)C)cc2[CH]1[Zr+3].[F-].[F-].[F-]. The number of hydrogen-bond acceptors (Lipinski definition) is 0. The van der Waals surface area contributed by atoms with Crippen LogP contribution < -0.4 is 14.1 Å². The molecule has 0 radical (unpaired) electrons. The van der Waals surface area contributed by atoms with Crippen LogP contribution in [0.4, 0.5) is 0 Å². The van der Waals surface area contributed by atoms with Crippen molar-refractivity contribution in [3.8, 4) is 0 Å². The molecule has 1 aliphatic carbocycles. The van der Waals surface area contributed by atoms with E-state index in [1.54, 1.807) is 35.9 Å². The molecule has 1 aliphatic rings. The molecule has 1 aromatic carbocycles. The van der Waals surface area contributed by atoms with Crippen LogP contribution in [-0.4, -0.2) is 0 Å². The van der Waals surface area contributed by atoms with E-state index in [0.29, 0.717) is 15.5 Å². The van der Waals surface area contributed by atoms with E-state index in [-0.39, 0.29) is 14.1 Å². The first-order valence-corrected chi connectivity index (χ1v) is 7.90. The van der Waals surface area contributed by atoms with E-state index < -0.39 is 0 Å². The smallest absolute Gasteiger partial charge is 1.00 e. The average Bonchev–Trinajstić information content (AvgIpc) is 2.54. The van der Waals surface area contributed by atoms with Gasteiger partial charge in [0.05, 0.1) is 0 Å². The zero-order valence-corrected chi connectivity index (χ0v) is 15.1. The summed E-state index contributed by atoms with van der Waals surface area (Å²) >= 11 is 1.62. The van der Waals surface area contributed by atoms with Crippen molar-refractivity contribution in [1.82, 2.24) is 0 Å². The minimum absolute atomic E-state index is 0. The van der Waals surface area contributed by atoms with Gasteiger partial charge >= 0.3 is 121 Å². The molecule has 0 heterocycles. The van der Waals surface area contributed by atoms with Crippen LogP contribution in [0.1, 0.15) is 72.3 Å². The summed E-state index contributed by atoms with van der Waals surface area (Å²) < 4.78 is 0.688. The standard InChI is InChI=1S/C16H21.3FH.Zr/c1-10(2)13-8-14-6-12(5)7-16(14)15(9-13)11(3)4;;;;/h6-11H,1-5H3;3*1H;/q;;;;+3/p-3.